The topological polar surface area (TPSA) is 83.5 Å². The summed E-state index contributed by atoms with van der Waals surface area (Å²) in [5.41, 5.74) is 0.674. The van der Waals surface area contributed by atoms with E-state index in [1.54, 1.807) is 0 Å². The molecule has 0 aromatic heterocycles. The van der Waals surface area contributed by atoms with Crippen molar-refractivity contribution in [2.75, 3.05) is 12.3 Å². The number of hydrogen-bond donors (Lipinski definition) is 2. The Labute approximate surface area is 113 Å². The van der Waals surface area contributed by atoms with E-state index < -0.39 is 21.7 Å². The van der Waals surface area contributed by atoms with Crippen molar-refractivity contribution >= 4 is 16.0 Å². The Bertz CT molecular complexity index is 523. The normalized spacial score (nSPS) is 12.3. The highest BCUT2D eigenvalue weighted by atomic mass is 32.2. The van der Waals surface area contributed by atoms with Crippen molar-refractivity contribution in [3.8, 4) is 0 Å². The molecule has 0 bridgehead atoms. The van der Waals surface area contributed by atoms with Crippen LogP contribution in [0.15, 0.2) is 30.3 Å². The quantitative estimate of drug-likeness (QED) is 0.792. The van der Waals surface area contributed by atoms with E-state index in [9.17, 15) is 13.2 Å². The van der Waals surface area contributed by atoms with Gasteiger partial charge >= 0.3 is 5.97 Å². The lowest BCUT2D eigenvalue weighted by Crippen LogP contribution is -2.38. The van der Waals surface area contributed by atoms with E-state index in [1.165, 1.54) is 0 Å². The second-order valence-electron chi connectivity index (χ2n) is 5.03. The van der Waals surface area contributed by atoms with Gasteiger partial charge in [-0.2, -0.15) is 0 Å². The van der Waals surface area contributed by atoms with Crippen LogP contribution in [0.5, 0.6) is 0 Å². The molecule has 0 spiro atoms. The Kier molecular flexibility index (Phi) is 5.08. The first-order chi connectivity index (χ1) is 8.73. The molecule has 0 fully saturated rings. The predicted octanol–water partition coefficient (Wildman–Crippen LogP) is 1.36. The van der Waals surface area contributed by atoms with Crippen LogP contribution in [0.3, 0.4) is 0 Å². The molecule has 1 aromatic carbocycles. The molecule has 0 atom stereocenters. The predicted molar refractivity (Wildman–Crippen MR) is 73.5 cm³/mol. The molecule has 0 aliphatic carbocycles. The first-order valence-electron chi connectivity index (χ1n) is 5.98. The first-order valence-corrected chi connectivity index (χ1v) is 7.63. The maximum Gasteiger partial charge on any atom is 0.304 e. The zero-order chi connectivity index (χ0) is 14.5. The zero-order valence-electron chi connectivity index (χ0n) is 11.1. The average Bonchev–Trinajstić information content (AvgIpc) is 2.36. The fourth-order valence-corrected chi connectivity index (χ4v) is 2.74. The number of aliphatic carboxylic acids is 1. The third-order valence-corrected chi connectivity index (χ3v) is 4.20. The summed E-state index contributed by atoms with van der Waals surface area (Å²) in [5, 5.41) is 8.49. The first kappa shape index (κ1) is 15.7. The molecular weight excluding hydrogens is 266 g/mol. The van der Waals surface area contributed by atoms with Gasteiger partial charge in [0.25, 0.3) is 0 Å². The van der Waals surface area contributed by atoms with Gasteiger partial charge in [-0.25, -0.2) is 13.1 Å². The van der Waals surface area contributed by atoms with Gasteiger partial charge in [0.05, 0.1) is 12.2 Å². The summed E-state index contributed by atoms with van der Waals surface area (Å²) >= 11 is 0. The van der Waals surface area contributed by atoms with E-state index in [0.717, 1.165) is 5.56 Å². The monoisotopic (exact) mass is 285 g/mol. The third kappa shape index (κ3) is 5.40. The Hall–Kier alpha value is -1.40. The number of nitrogens with one attached hydrogen (secondary N) is 1. The molecule has 0 aliphatic rings. The molecule has 106 valence electrons. The Balaban J connectivity index is 2.63. The van der Waals surface area contributed by atoms with Crippen molar-refractivity contribution in [2.24, 2.45) is 0 Å². The average molecular weight is 285 g/mol. The lowest BCUT2D eigenvalue weighted by atomic mass is 9.85. The number of benzene rings is 1. The van der Waals surface area contributed by atoms with Crippen molar-refractivity contribution in [1.82, 2.24) is 4.72 Å². The Morgan fingerprint density at radius 1 is 1.26 bits per heavy atom. The van der Waals surface area contributed by atoms with Gasteiger partial charge < -0.3 is 5.11 Å². The van der Waals surface area contributed by atoms with Crippen LogP contribution < -0.4 is 4.72 Å². The van der Waals surface area contributed by atoms with Crippen molar-refractivity contribution < 1.29 is 18.3 Å². The molecule has 0 amide bonds. The summed E-state index contributed by atoms with van der Waals surface area (Å²) in [5.74, 6) is -1.51. The molecule has 1 rings (SSSR count). The van der Waals surface area contributed by atoms with Gasteiger partial charge in [0.15, 0.2) is 0 Å². The number of carboxylic acid groups (broad SMARTS) is 1. The molecular formula is C13H19NO4S. The SMILES string of the molecule is CC(C)(CNS(=O)(=O)CCC(=O)O)c1ccccc1. The van der Waals surface area contributed by atoms with Gasteiger partial charge in [-0.1, -0.05) is 44.2 Å². The highest BCUT2D eigenvalue weighted by Gasteiger charge is 2.23. The van der Waals surface area contributed by atoms with Crippen LogP contribution in [0.4, 0.5) is 0 Å². The van der Waals surface area contributed by atoms with Crippen LogP contribution in [0.2, 0.25) is 0 Å². The summed E-state index contributed by atoms with van der Waals surface area (Å²) in [6.45, 7) is 4.10. The van der Waals surface area contributed by atoms with Crippen molar-refractivity contribution in [2.45, 2.75) is 25.7 Å². The fourth-order valence-electron chi connectivity index (χ4n) is 1.58. The molecule has 0 saturated carbocycles. The summed E-state index contributed by atoms with van der Waals surface area (Å²) in [4.78, 5) is 10.4. The smallest absolute Gasteiger partial charge is 0.304 e. The third-order valence-electron chi connectivity index (χ3n) is 2.87. The second-order valence-corrected chi connectivity index (χ2v) is 6.96. The second kappa shape index (κ2) is 6.16. The van der Waals surface area contributed by atoms with E-state index in [0.29, 0.717) is 0 Å². The van der Waals surface area contributed by atoms with Crippen molar-refractivity contribution in [1.29, 1.82) is 0 Å². The summed E-state index contributed by atoms with van der Waals surface area (Å²) < 4.78 is 25.7. The molecule has 0 unspecified atom stereocenters. The number of carbonyl (C=O) groups is 1. The highest BCUT2D eigenvalue weighted by molar-refractivity contribution is 7.89. The zero-order valence-corrected chi connectivity index (χ0v) is 11.9. The van der Waals surface area contributed by atoms with Crippen LogP contribution in [0.25, 0.3) is 0 Å². The molecule has 5 nitrogen and oxygen atoms in total. The van der Waals surface area contributed by atoms with Crippen molar-refractivity contribution in [3.63, 3.8) is 0 Å². The van der Waals surface area contributed by atoms with E-state index >= 15 is 0 Å². The van der Waals surface area contributed by atoms with Gasteiger partial charge in [0, 0.05) is 12.0 Å². The van der Waals surface area contributed by atoms with E-state index in [1.807, 2.05) is 44.2 Å². The van der Waals surface area contributed by atoms with Gasteiger partial charge in [0.2, 0.25) is 10.0 Å². The number of sulfonamides is 1. The molecule has 6 heteroatoms. The Morgan fingerprint density at radius 3 is 2.37 bits per heavy atom. The van der Waals surface area contributed by atoms with E-state index in [2.05, 4.69) is 4.72 Å². The maximum atomic E-state index is 11.6. The molecule has 0 saturated heterocycles. The summed E-state index contributed by atoms with van der Waals surface area (Å²) in [6.07, 6.45) is -0.388. The van der Waals surface area contributed by atoms with Gasteiger partial charge in [-0.15, -0.1) is 0 Å². The standard InChI is InChI=1S/C13H19NO4S/c1-13(2,11-6-4-3-5-7-11)10-14-19(17,18)9-8-12(15)16/h3-7,14H,8-10H2,1-2H3,(H,15,16). The number of rotatable bonds is 7. The van der Waals surface area contributed by atoms with Crippen LogP contribution in [-0.4, -0.2) is 31.8 Å². The molecule has 0 radical (unpaired) electrons. The lowest BCUT2D eigenvalue weighted by Gasteiger charge is -2.25. The van der Waals surface area contributed by atoms with Gasteiger partial charge in [0.1, 0.15) is 0 Å². The maximum absolute atomic E-state index is 11.6. The van der Waals surface area contributed by atoms with Crippen LogP contribution in [0, 0.1) is 0 Å². The Morgan fingerprint density at radius 2 is 1.84 bits per heavy atom. The van der Waals surface area contributed by atoms with E-state index in [4.69, 9.17) is 5.11 Å². The van der Waals surface area contributed by atoms with E-state index in [-0.39, 0.29) is 18.4 Å². The molecule has 19 heavy (non-hydrogen) atoms. The van der Waals surface area contributed by atoms with Crippen LogP contribution >= 0.6 is 0 Å². The molecule has 2 N–H and O–H groups in total. The summed E-state index contributed by atoms with van der Waals surface area (Å²) in [6, 6.07) is 9.57. The molecule has 0 heterocycles. The van der Waals surface area contributed by atoms with Crippen LogP contribution in [-0.2, 0) is 20.2 Å². The highest BCUT2D eigenvalue weighted by Crippen LogP contribution is 2.21. The number of carboxylic acids is 1. The number of hydrogen-bond acceptors (Lipinski definition) is 3. The lowest BCUT2D eigenvalue weighted by molar-refractivity contribution is -0.136. The fraction of sp³-hybridized carbons (Fsp3) is 0.462. The molecule has 1 aromatic rings. The van der Waals surface area contributed by atoms with Gasteiger partial charge in [-0.05, 0) is 5.56 Å². The summed E-state index contributed by atoms with van der Waals surface area (Å²) in [7, 11) is -3.55. The van der Waals surface area contributed by atoms with Crippen molar-refractivity contribution in [3.05, 3.63) is 35.9 Å². The minimum Gasteiger partial charge on any atom is -0.481 e. The van der Waals surface area contributed by atoms with Gasteiger partial charge in [-0.3, -0.25) is 4.79 Å². The van der Waals surface area contributed by atoms with Crippen LogP contribution in [0.1, 0.15) is 25.8 Å². The minimum absolute atomic E-state index is 0.235. The minimum atomic E-state index is -3.55. The largest absolute Gasteiger partial charge is 0.481 e. The molecule has 0 aliphatic heterocycles.